The van der Waals surface area contributed by atoms with Crippen LogP contribution in [0.2, 0.25) is 0 Å². The van der Waals surface area contributed by atoms with Gasteiger partial charge in [-0.3, -0.25) is 9.69 Å². The molecular formula is C24H20N2O3. The summed E-state index contributed by atoms with van der Waals surface area (Å²) in [5.41, 5.74) is 2.73. The van der Waals surface area contributed by atoms with Crippen molar-refractivity contribution >= 4 is 23.5 Å². The Labute approximate surface area is 169 Å². The van der Waals surface area contributed by atoms with Crippen LogP contribution in [0.3, 0.4) is 0 Å². The molecule has 0 unspecified atom stereocenters. The number of hydrogen-bond donors (Lipinski definition) is 0. The van der Waals surface area contributed by atoms with Crippen molar-refractivity contribution in [3.8, 4) is 11.5 Å². The minimum Gasteiger partial charge on any atom is -0.497 e. The van der Waals surface area contributed by atoms with Crippen molar-refractivity contribution in [1.29, 1.82) is 0 Å². The van der Waals surface area contributed by atoms with Crippen molar-refractivity contribution in [2.45, 2.75) is 0 Å². The molecule has 0 saturated carbocycles. The Morgan fingerprint density at radius 2 is 1.52 bits per heavy atom. The van der Waals surface area contributed by atoms with E-state index in [0.717, 1.165) is 22.6 Å². The van der Waals surface area contributed by atoms with Gasteiger partial charge in [-0.25, -0.2) is 4.99 Å². The number of carbonyl (C=O) groups excluding carboxylic acids is 1. The molecular weight excluding hydrogens is 364 g/mol. The van der Waals surface area contributed by atoms with Crippen LogP contribution < -0.4 is 14.4 Å². The van der Waals surface area contributed by atoms with Gasteiger partial charge in [0.05, 0.1) is 25.5 Å². The fourth-order valence-electron chi connectivity index (χ4n) is 3.20. The van der Waals surface area contributed by atoms with Crippen molar-refractivity contribution in [1.82, 2.24) is 0 Å². The normalized spacial score (nSPS) is 14.8. The number of methoxy groups -OCH3 is 2. The summed E-state index contributed by atoms with van der Waals surface area (Å²) in [5.74, 6) is 1.77. The number of rotatable bonds is 5. The van der Waals surface area contributed by atoms with E-state index in [9.17, 15) is 4.79 Å². The highest BCUT2D eigenvalue weighted by atomic mass is 16.5. The zero-order valence-corrected chi connectivity index (χ0v) is 16.2. The van der Waals surface area contributed by atoms with Crippen LogP contribution in [-0.2, 0) is 4.79 Å². The van der Waals surface area contributed by atoms with Crippen LogP contribution in [-0.4, -0.2) is 26.0 Å². The van der Waals surface area contributed by atoms with E-state index in [1.807, 2.05) is 78.9 Å². The fourth-order valence-corrected chi connectivity index (χ4v) is 3.20. The van der Waals surface area contributed by atoms with E-state index in [0.29, 0.717) is 17.3 Å². The molecule has 5 nitrogen and oxygen atoms in total. The Balaban J connectivity index is 1.82. The van der Waals surface area contributed by atoms with Gasteiger partial charge in [0.15, 0.2) is 5.84 Å². The number of benzene rings is 3. The van der Waals surface area contributed by atoms with E-state index in [4.69, 9.17) is 9.47 Å². The number of carbonyl (C=O) groups is 1. The van der Waals surface area contributed by atoms with E-state index in [2.05, 4.69) is 4.99 Å². The molecule has 0 bridgehead atoms. The van der Waals surface area contributed by atoms with Crippen LogP contribution in [0.4, 0.5) is 5.69 Å². The molecule has 0 atom stereocenters. The average Bonchev–Trinajstić information content (AvgIpc) is 3.10. The Kier molecular flexibility index (Phi) is 5.12. The third-order valence-corrected chi connectivity index (χ3v) is 4.64. The van der Waals surface area contributed by atoms with Crippen LogP contribution in [0.5, 0.6) is 11.5 Å². The first-order chi connectivity index (χ1) is 14.2. The largest absolute Gasteiger partial charge is 0.497 e. The van der Waals surface area contributed by atoms with Crippen LogP contribution >= 0.6 is 0 Å². The van der Waals surface area contributed by atoms with E-state index in [1.165, 1.54) is 0 Å². The minimum absolute atomic E-state index is 0.187. The van der Waals surface area contributed by atoms with Crippen LogP contribution in [0.25, 0.3) is 6.08 Å². The molecule has 1 heterocycles. The predicted octanol–water partition coefficient (Wildman–Crippen LogP) is 4.54. The van der Waals surface area contributed by atoms with Gasteiger partial charge in [0.25, 0.3) is 5.91 Å². The molecule has 1 aliphatic rings. The topological polar surface area (TPSA) is 51.1 Å². The summed E-state index contributed by atoms with van der Waals surface area (Å²) in [6, 6.07) is 24.5. The number of nitrogens with zero attached hydrogens (tertiary/aromatic N) is 2. The lowest BCUT2D eigenvalue weighted by Gasteiger charge is -2.19. The Morgan fingerprint density at radius 3 is 2.21 bits per heavy atom. The molecule has 1 amide bonds. The summed E-state index contributed by atoms with van der Waals surface area (Å²) in [6.07, 6.45) is 1.78. The van der Waals surface area contributed by atoms with Crippen molar-refractivity contribution in [2.75, 3.05) is 19.1 Å². The van der Waals surface area contributed by atoms with E-state index >= 15 is 0 Å². The molecule has 3 aromatic rings. The highest BCUT2D eigenvalue weighted by Crippen LogP contribution is 2.31. The molecule has 0 aliphatic carbocycles. The standard InChI is InChI=1S/C24H20N2O3/c1-28-19-14-12-17(13-15-19)16-21-24(27)26(18-8-4-3-5-9-18)23(25-21)20-10-6-7-11-22(20)29-2/h3-16H,1-2H3/b21-16-. The fraction of sp³-hybridized carbons (Fsp3) is 0.0833. The Bertz CT molecular complexity index is 1090. The summed E-state index contributed by atoms with van der Waals surface area (Å²) < 4.78 is 10.7. The number of amidine groups is 1. The molecule has 0 N–H and O–H groups in total. The lowest BCUT2D eigenvalue weighted by atomic mass is 10.1. The second-order valence-electron chi connectivity index (χ2n) is 6.41. The van der Waals surface area contributed by atoms with Crippen molar-refractivity contribution in [3.05, 3.63) is 95.7 Å². The zero-order valence-electron chi connectivity index (χ0n) is 16.2. The summed E-state index contributed by atoms with van der Waals surface area (Å²) in [5, 5.41) is 0. The monoisotopic (exact) mass is 384 g/mol. The molecule has 5 heteroatoms. The third-order valence-electron chi connectivity index (χ3n) is 4.64. The molecule has 29 heavy (non-hydrogen) atoms. The summed E-state index contributed by atoms with van der Waals surface area (Å²) in [4.78, 5) is 19.6. The number of anilines is 1. The molecule has 4 rings (SSSR count). The molecule has 3 aromatic carbocycles. The molecule has 0 saturated heterocycles. The summed E-state index contributed by atoms with van der Waals surface area (Å²) in [7, 11) is 3.23. The maximum atomic E-state index is 13.3. The van der Waals surface area contributed by atoms with Crippen LogP contribution in [0, 0.1) is 0 Å². The van der Waals surface area contributed by atoms with Gasteiger partial charge in [0.2, 0.25) is 0 Å². The molecule has 144 valence electrons. The number of hydrogen-bond acceptors (Lipinski definition) is 4. The zero-order chi connectivity index (χ0) is 20.2. The first-order valence-electron chi connectivity index (χ1n) is 9.18. The smallest absolute Gasteiger partial charge is 0.282 e. The first-order valence-corrected chi connectivity index (χ1v) is 9.18. The number of para-hydroxylation sites is 2. The lowest BCUT2D eigenvalue weighted by Crippen LogP contribution is -2.32. The van der Waals surface area contributed by atoms with Crippen LogP contribution in [0.1, 0.15) is 11.1 Å². The first kappa shape index (κ1) is 18.5. The second kappa shape index (κ2) is 8.02. The van der Waals surface area contributed by atoms with Gasteiger partial charge in [0.1, 0.15) is 17.2 Å². The number of ether oxygens (including phenoxy) is 2. The van der Waals surface area contributed by atoms with Crippen molar-refractivity contribution < 1.29 is 14.3 Å². The van der Waals surface area contributed by atoms with Gasteiger partial charge in [-0.15, -0.1) is 0 Å². The van der Waals surface area contributed by atoms with Crippen LogP contribution in [0.15, 0.2) is 89.6 Å². The van der Waals surface area contributed by atoms with Crippen molar-refractivity contribution in [2.24, 2.45) is 4.99 Å². The van der Waals surface area contributed by atoms with Gasteiger partial charge in [-0.2, -0.15) is 0 Å². The average molecular weight is 384 g/mol. The Hall–Kier alpha value is -3.86. The number of amides is 1. The third kappa shape index (κ3) is 3.62. The molecule has 0 fully saturated rings. The summed E-state index contributed by atoms with van der Waals surface area (Å²) in [6.45, 7) is 0. The summed E-state index contributed by atoms with van der Waals surface area (Å²) >= 11 is 0. The molecule has 0 radical (unpaired) electrons. The van der Waals surface area contributed by atoms with Crippen molar-refractivity contribution in [3.63, 3.8) is 0 Å². The minimum atomic E-state index is -0.187. The molecule has 0 spiro atoms. The maximum absolute atomic E-state index is 13.3. The highest BCUT2D eigenvalue weighted by Gasteiger charge is 2.33. The maximum Gasteiger partial charge on any atom is 0.282 e. The highest BCUT2D eigenvalue weighted by molar-refractivity contribution is 6.33. The number of aliphatic imine (C=N–C) groups is 1. The second-order valence-corrected chi connectivity index (χ2v) is 6.41. The lowest BCUT2D eigenvalue weighted by molar-refractivity contribution is -0.113. The van der Waals surface area contributed by atoms with E-state index in [1.54, 1.807) is 25.2 Å². The SMILES string of the molecule is COc1ccc(/C=C2\N=C(c3ccccc3OC)N(c3ccccc3)C2=O)cc1. The van der Waals surface area contributed by atoms with E-state index in [-0.39, 0.29) is 5.91 Å². The van der Waals surface area contributed by atoms with Gasteiger partial charge in [-0.1, -0.05) is 42.5 Å². The van der Waals surface area contributed by atoms with Gasteiger partial charge in [-0.05, 0) is 48.0 Å². The van der Waals surface area contributed by atoms with E-state index < -0.39 is 0 Å². The Morgan fingerprint density at radius 1 is 0.828 bits per heavy atom. The predicted molar refractivity (Wildman–Crippen MR) is 114 cm³/mol. The quantitative estimate of drug-likeness (QED) is 0.607. The molecule has 0 aromatic heterocycles. The van der Waals surface area contributed by atoms with Gasteiger partial charge < -0.3 is 9.47 Å². The van der Waals surface area contributed by atoms with Gasteiger partial charge >= 0.3 is 0 Å². The molecule has 1 aliphatic heterocycles. The van der Waals surface area contributed by atoms with Gasteiger partial charge in [0, 0.05) is 0 Å².